The quantitative estimate of drug-likeness (QED) is 0.906. The second-order valence-corrected chi connectivity index (χ2v) is 6.57. The van der Waals surface area contributed by atoms with Crippen molar-refractivity contribution >= 4 is 27.3 Å². The smallest absolute Gasteiger partial charge is 0.261 e. The number of anilines is 1. The van der Waals surface area contributed by atoms with Crippen molar-refractivity contribution in [1.29, 1.82) is 0 Å². The molecule has 2 aromatic rings. The molecule has 112 valence electrons. The zero-order valence-electron chi connectivity index (χ0n) is 11.1. The molecule has 2 rings (SSSR count). The highest BCUT2D eigenvalue weighted by Crippen LogP contribution is 2.26. The van der Waals surface area contributed by atoms with Gasteiger partial charge in [-0.15, -0.1) is 0 Å². The van der Waals surface area contributed by atoms with Crippen molar-refractivity contribution in [2.75, 3.05) is 4.72 Å². The molecule has 0 saturated carbocycles. The van der Waals surface area contributed by atoms with Gasteiger partial charge in [0.2, 0.25) is 0 Å². The van der Waals surface area contributed by atoms with E-state index in [1.54, 1.807) is 13.0 Å². The fourth-order valence-corrected chi connectivity index (χ4v) is 3.16. The van der Waals surface area contributed by atoms with Gasteiger partial charge in [-0.3, -0.25) is 4.72 Å². The number of aryl methyl sites for hydroxylation is 1. The summed E-state index contributed by atoms with van der Waals surface area (Å²) in [6.07, 6.45) is 0. The van der Waals surface area contributed by atoms with E-state index in [0.717, 1.165) is 17.7 Å². The summed E-state index contributed by atoms with van der Waals surface area (Å²) in [7, 11) is -3.87. The summed E-state index contributed by atoms with van der Waals surface area (Å²) in [6.45, 7) is 1.51. The number of hydrogen-bond acceptors (Lipinski definition) is 3. The van der Waals surface area contributed by atoms with Gasteiger partial charge in [0, 0.05) is 0 Å². The van der Waals surface area contributed by atoms with Crippen molar-refractivity contribution in [1.82, 2.24) is 0 Å². The summed E-state index contributed by atoms with van der Waals surface area (Å²) in [5.41, 5.74) is 1.39. The first-order valence-electron chi connectivity index (χ1n) is 6.02. The second-order valence-electron chi connectivity index (χ2n) is 4.48. The molecule has 0 aromatic heterocycles. The molecule has 0 atom stereocenters. The Labute approximate surface area is 127 Å². The van der Waals surface area contributed by atoms with Gasteiger partial charge in [0.15, 0.2) is 0 Å². The van der Waals surface area contributed by atoms with E-state index < -0.39 is 15.8 Å². The third kappa shape index (κ3) is 3.53. The minimum atomic E-state index is -3.87. The summed E-state index contributed by atoms with van der Waals surface area (Å²) < 4.78 is 39.8. The molecule has 0 fully saturated rings. The number of hydrogen-bond donors (Lipinski definition) is 2. The SMILES string of the molecule is Cc1ccc(S(=O)(=O)Nc2ccc(F)cc2Cl)cc1CO. The predicted molar refractivity (Wildman–Crippen MR) is 79.3 cm³/mol. The summed E-state index contributed by atoms with van der Waals surface area (Å²) in [4.78, 5) is -0.00228. The fraction of sp³-hybridized carbons (Fsp3) is 0.143. The maximum absolute atomic E-state index is 13.0. The summed E-state index contributed by atoms with van der Waals surface area (Å²) in [5.74, 6) is -0.555. The molecule has 21 heavy (non-hydrogen) atoms. The van der Waals surface area contributed by atoms with E-state index in [-0.39, 0.29) is 22.2 Å². The molecule has 2 aromatic carbocycles. The van der Waals surface area contributed by atoms with Crippen LogP contribution in [0.4, 0.5) is 10.1 Å². The second kappa shape index (κ2) is 6.01. The van der Waals surface area contributed by atoms with Crippen LogP contribution in [0.15, 0.2) is 41.3 Å². The minimum Gasteiger partial charge on any atom is -0.392 e. The number of nitrogens with one attached hydrogen (secondary N) is 1. The molecule has 0 heterocycles. The number of aliphatic hydroxyl groups excluding tert-OH is 1. The Morgan fingerprint density at radius 3 is 2.57 bits per heavy atom. The molecule has 0 spiro atoms. The van der Waals surface area contributed by atoms with Crippen molar-refractivity contribution in [3.05, 3.63) is 58.4 Å². The monoisotopic (exact) mass is 329 g/mol. The Morgan fingerprint density at radius 2 is 1.95 bits per heavy atom. The zero-order chi connectivity index (χ0) is 15.6. The van der Waals surface area contributed by atoms with Crippen molar-refractivity contribution in [2.45, 2.75) is 18.4 Å². The predicted octanol–water partition coefficient (Wildman–Crippen LogP) is 3.08. The van der Waals surface area contributed by atoms with Crippen LogP contribution < -0.4 is 4.72 Å². The number of aliphatic hydroxyl groups is 1. The van der Waals surface area contributed by atoms with Crippen LogP contribution >= 0.6 is 11.6 Å². The molecule has 4 nitrogen and oxygen atoms in total. The van der Waals surface area contributed by atoms with Gasteiger partial charge < -0.3 is 5.11 Å². The third-order valence-corrected chi connectivity index (χ3v) is 4.65. The highest BCUT2D eigenvalue weighted by molar-refractivity contribution is 7.92. The molecule has 0 radical (unpaired) electrons. The fourth-order valence-electron chi connectivity index (χ4n) is 1.76. The molecule has 0 amide bonds. The average Bonchev–Trinajstić information content (AvgIpc) is 2.42. The van der Waals surface area contributed by atoms with E-state index in [4.69, 9.17) is 11.6 Å². The summed E-state index contributed by atoms with van der Waals surface area (Å²) in [6, 6.07) is 7.79. The van der Waals surface area contributed by atoms with Crippen LogP contribution in [0.5, 0.6) is 0 Å². The Balaban J connectivity index is 2.38. The zero-order valence-corrected chi connectivity index (χ0v) is 12.7. The lowest BCUT2D eigenvalue weighted by Gasteiger charge is -2.11. The van der Waals surface area contributed by atoms with Gasteiger partial charge in [-0.1, -0.05) is 17.7 Å². The van der Waals surface area contributed by atoms with Crippen molar-refractivity contribution < 1.29 is 17.9 Å². The number of sulfonamides is 1. The number of rotatable bonds is 4. The Bertz CT molecular complexity index is 778. The van der Waals surface area contributed by atoms with E-state index in [9.17, 15) is 17.9 Å². The third-order valence-electron chi connectivity index (χ3n) is 2.98. The average molecular weight is 330 g/mol. The first kappa shape index (κ1) is 15.8. The van der Waals surface area contributed by atoms with Crippen LogP contribution in [0, 0.1) is 12.7 Å². The lowest BCUT2D eigenvalue weighted by molar-refractivity contribution is 0.281. The first-order chi connectivity index (χ1) is 9.83. The van der Waals surface area contributed by atoms with Gasteiger partial charge in [0.1, 0.15) is 5.82 Å². The van der Waals surface area contributed by atoms with Crippen molar-refractivity contribution in [3.8, 4) is 0 Å². The standard InChI is InChI=1S/C14H13ClFNO3S/c1-9-2-4-12(6-10(9)8-18)21(19,20)17-14-5-3-11(16)7-13(14)15/h2-7,17-18H,8H2,1H3. The Kier molecular flexibility index (Phi) is 4.51. The van der Waals surface area contributed by atoms with Crippen LogP contribution in [-0.2, 0) is 16.6 Å². The molecular formula is C14H13ClFNO3S. The van der Waals surface area contributed by atoms with Crippen LogP contribution in [0.25, 0.3) is 0 Å². The minimum absolute atomic E-state index is 0.00228. The number of halogens is 2. The number of benzene rings is 2. The van der Waals surface area contributed by atoms with E-state index in [1.165, 1.54) is 18.2 Å². The maximum Gasteiger partial charge on any atom is 0.261 e. The van der Waals surface area contributed by atoms with Crippen LogP contribution in [0.1, 0.15) is 11.1 Å². The molecule has 0 saturated heterocycles. The molecule has 0 aliphatic heterocycles. The molecule has 0 unspecified atom stereocenters. The van der Waals surface area contributed by atoms with E-state index in [2.05, 4.69) is 4.72 Å². The van der Waals surface area contributed by atoms with E-state index in [0.29, 0.717) is 5.56 Å². The lowest BCUT2D eigenvalue weighted by atomic mass is 10.1. The Morgan fingerprint density at radius 1 is 1.24 bits per heavy atom. The largest absolute Gasteiger partial charge is 0.392 e. The molecule has 0 aliphatic rings. The lowest BCUT2D eigenvalue weighted by Crippen LogP contribution is -2.14. The van der Waals surface area contributed by atoms with E-state index >= 15 is 0 Å². The van der Waals surface area contributed by atoms with Crippen molar-refractivity contribution in [3.63, 3.8) is 0 Å². The van der Waals surface area contributed by atoms with Crippen LogP contribution in [0.3, 0.4) is 0 Å². The van der Waals surface area contributed by atoms with Gasteiger partial charge in [0.25, 0.3) is 10.0 Å². The molecular weight excluding hydrogens is 317 g/mol. The molecule has 0 aliphatic carbocycles. The first-order valence-corrected chi connectivity index (χ1v) is 7.88. The van der Waals surface area contributed by atoms with Gasteiger partial charge in [0.05, 0.1) is 22.2 Å². The molecule has 0 bridgehead atoms. The van der Waals surface area contributed by atoms with Crippen molar-refractivity contribution in [2.24, 2.45) is 0 Å². The van der Waals surface area contributed by atoms with Crippen LogP contribution in [0.2, 0.25) is 5.02 Å². The highest BCUT2D eigenvalue weighted by atomic mass is 35.5. The van der Waals surface area contributed by atoms with Gasteiger partial charge >= 0.3 is 0 Å². The summed E-state index contributed by atoms with van der Waals surface area (Å²) in [5, 5.41) is 9.16. The van der Waals surface area contributed by atoms with Crippen LogP contribution in [-0.4, -0.2) is 13.5 Å². The van der Waals surface area contributed by atoms with Gasteiger partial charge in [-0.05, 0) is 48.4 Å². The molecule has 7 heteroatoms. The molecule has 2 N–H and O–H groups in total. The topological polar surface area (TPSA) is 66.4 Å². The normalized spacial score (nSPS) is 11.4. The van der Waals surface area contributed by atoms with E-state index in [1.807, 2.05) is 0 Å². The summed E-state index contributed by atoms with van der Waals surface area (Å²) >= 11 is 5.80. The highest BCUT2D eigenvalue weighted by Gasteiger charge is 2.17. The maximum atomic E-state index is 13.0. The van der Waals surface area contributed by atoms with Gasteiger partial charge in [-0.2, -0.15) is 0 Å². The Hall–Kier alpha value is -1.63. The van der Waals surface area contributed by atoms with Gasteiger partial charge in [-0.25, -0.2) is 12.8 Å².